The summed E-state index contributed by atoms with van der Waals surface area (Å²) in [6, 6.07) is 7.40. The fourth-order valence-electron chi connectivity index (χ4n) is 2.01. The van der Waals surface area contributed by atoms with Crippen molar-refractivity contribution >= 4 is 11.7 Å². The number of carbonyl (C=O) groups is 1. The van der Waals surface area contributed by atoms with Gasteiger partial charge in [-0.05, 0) is 45.1 Å². The SMILES string of the molecule is CCc1ccc(NC(=O)NCC(C)(O)CN(C)C)cc1. The summed E-state index contributed by atoms with van der Waals surface area (Å²) in [7, 11) is 3.76. The third-order valence-corrected chi connectivity index (χ3v) is 2.91. The lowest BCUT2D eigenvalue weighted by molar-refractivity contribution is 0.0364. The highest BCUT2D eigenvalue weighted by Gasteiger charge is 2.21. The number of aliphatic hydroxyl groups is 1. The predicted octanol–water partition coefficient (Wildman–Crippen LogP) is 1.68. The minimum atomic E-state index is -0.951. The van der Waals surface area contributed by atoms with Crippen LogP contribution in [0, 0.1) is 0 Å². The summed E-state index contributed by atoms with van der Waals surface area (Å²) in [5, 5.41) is 15.5. The number of likely N-dealkylation sites (N-methyl/N-ethyl adjacent to an activating group) is 1. The van der Waals surface area contributed by atoms with Crippen LogP contribution in [0.1, 0.15) is 19.4 Å². The molecule has 0 spiro atoms. The van der Waals surface area contributed by atoms with Gasteiger partial charge in [0.2, 0.25) is 0 Å². The Balaban J connectivity index is 2.43. The molecule has 0 bridgehead atoms. The Kier molecular flexibility index (Phi) is 5.98. The summed E-state index contributed by atoms with van der Waals surface area (Å²) in [5.41, 5.74) is 1.02. The van der Waals surface area contributed by atoms with Crippen molar-refractivity contribution in [2.45, 2.75) is 25.9 Å². The Morgan fingerprint density at radius 1 is 1.30 bits per heavy atom. The monoisotopic (exact) mass is 279 g/mol. The number of urea groups is 1. The maximum Gasteiger partial charge on any atom is 0.319 e. The first kappa shape index (κ1) is 16.5. The molecular formula is C15H25N3O2. The van der Waals surface area contributed by atoms with Gasteiger partial charge in [-0.3, -0.25) is 0 Å². The summed E-state index contributed by atoms with van der Waals surface area (Å²) in [5.74, 6) is 0. The fourth-order valence-corrected chi connectivity index (χ4v) is 2.01. The molecule has 0 fully saturated rings. The molecule has 0 radical (unpaired) electrons. The zero-order chi connectivity index (χ0) is 15.2. The summed E-state index contributed by atoms with van der Waals surface area (Å²) >= 11 is 0. The van der Waals surface area contributed by atoms with Crippen LogP contribution < -0.4 is 10.6 Å². The van der Waals surface area contributed by atoms with Crippen molar-refractivity contribution in [3.8, 4) is 0 Å². The molecule has 1 atom stereocenters. The summed E-state index contributed by atoms with van der Waals surface area (Å²) in [6.45, 7) is 4.47. The van der Waals surface area contributed by atoms with E-state index in [1.54, 1.807) is 6.92 Å². The quantitative estimate of drug-likeness (QED) is 0.742. The van der Waals surface area contributed by atoms with Crippen LogP contribution in [0.25, 0.3) is 0 Å². The molecule has 5 nitrogen and oxygen atoms in total. The van der Waals surface area contributed by atoms with E-state index in [0.29, 0.717) is 6.54 Å². The summed E-state index contributed by atoms with van der Waals surface area (Å²) in [4.78, 5) is 13.6. The molecule has 20 heavy (non-hydrogen) atoms. The first-order valence-corrected chi connectivity index (χ1v) is 6.83. The van der Waals surface area contributed by atoms with Gasteiger partial charge in [0, 0.05) is 18.8 Å². The fraction of sp³-hybridized carbons (Fsp3) is 0.533. The molecule has 0 saturated carbocycles. The van der Waals surface area contributed by atoms with E-state index >= 15 is 0 Å². The summed E-state index contributed by atoms with van der Waals surface area (Å²) < 4.78 is 0. The van der Waals surface area contributed by atoms with Crippen LogP contribution in [0.15, 0.2) is 24.3 Å². The van der Waals surface area contributed by atoms with E-state index in [9.17, 15) is 9.90 Å². The highest BCUT2D eigenvalue weighted by atomic mass is 16.3. The molecule has 0 saturated heterocycles. The van der Waals surface area contributed by atoms with Gasteiger partial charge in [-0.25, -0.2) is 4.79 Å². The smallest absolute Gasteiger partial charge is 0.319 e. The lowest BCUT2D eigenvalue weighted by atomic mass is 10.1. The lowest BCUT2D eigenvalue weighted by Crippen LogP contribution is -2.48. The van der Waals surface area contributed by atoms with Gasteiger partial charge in [0.25, 0.3) is 0 Å². The molecule has 0 aliphatic rings. The Bertz CT molecular complexity index is 427. The number of amides is 2. The van der Waals surface area contributed by atoms with Crippen LogP contribution in [0.3, 0.4) is 0 Å². The second-order valence-corrected chi connectivity index (χ2v) is 5.59. The zero-order valence-corrected chi connectivity index (χ0v) is 12.7. The average molecular weight is 279 g/mol. The van der Waals surface area contributed by atoms with Crippen LogP contribution >= 0.6 is 0 Å². The standard InChI is InChI=1S/C15H25N3O2/c1-5-12-6-8-13(9-7-12)17-14(19)16-10-15(2,20)11-18(3)4/h6-9,20H,5,10-11H2,1-4H3,(H2,16,17,19). The number of hydrogen-bond donors (Lipinski definition) is 3. The third kappa shape index (κ3) is 6.04. The molecule has 1 aromatic carbocycles. The zero-order valence-electron chi connectivity index (χ0n) is 12.7. The maximum atomic E-state index is 11.8. The molecule has 5 heteroatoms. The van der Waals surface area contributed by atoms with Gasteiger partial charge in [-0.15, -0.1) is 0 Å². The second kappa shape index (κ2) is 7.26. The van der Waals surface area contributed by atoms with Crippen LogP contribution in [0.5, 0.6) is 0 Å². The number of nitrogens with zero attached hydrogens (tertiary/aromatic N) is 1. The van der Waals surface area contributed by atoms with Crippen molar-refractivity contribution in [3.05, 3.63) is 29.8 Å². The first-order valence-electron chi connectivity index (χ1n) is 6.83. The van der Waals surface area contributed by atoms with Gasteiger partial charge in [0.05, 0.1) is 5.60 Å². The number of aryl methyl sites for hydroxylation is 1. The van der Waals surface area contributed by atoms with Gasteiger partial charge < -0.3 is 20.6 Å². The number of anilines is 1. The number of benzene rings is 1. The van der Waals surface area contributed by atoms with Crippen LogP contribution in [-0.2, 0) is 6.42 Å². The topological polar surface area (TPSA) is 64.6 Å². The number of carbonyl (C=O) groups excluding carboxylic acids is 1. The minimum Gasteiger partial charge on any atom is -0.387 e. The molecule has 0 aliphatic heterocycles. The van der Waals surface area contributed by atoms with Crippen molar-refractivity contribution in [1.29, 1.82) is 0 Å². The Labute approximate surface area is 121 Å². The molecule has 0 aliphatic carbocycles. The van der Waals surface area contributed by atoms with Crippen molar-refractivity contribution in [2.75, 3.05) is 32.5 Å². The highest BCUT2D eigenvalue weighted by molar-refractivity contribution is 5.89. The Hall–Kier alpha value is -1.59. The second-order valence-electron chi connectivity index (χ2n) is 5.59. The van der Waals surface area contributed by atoms with Gasteiger partial charge in [0.15, 0.2) is 0 Å². The van der Waals surface area contributed by atoms with Crippen LogP contribution in [0.2, 0.25) is 0 Å². The first-order chi connectivity index (χ1) is 9.32. The van der Waals surface area contributed by atoms with Crippen molar-refractivity contribution in [3.63, 3.8) is 0 Å². The summed E-state index contributed by atoms with van der Waals surface area (Å²) in [6.07, 6.45) is 0.972. The minimum absolute atomic E-state index is 0.198. The van der Waals surface area contributed by atoms with E-state index in [2.05, 4.69) is 17.6 Å². The van der Waals surface area contributed by atoms with Crippen molar-refractivity contribution in [2.24, 2.45) is 0 Å². The normalized spacial score (nSPS) is 13.9. The van der Waals surface area contributed by atoms with Crippen molar-refractivity contribution < 1.29 is 9.90 Å². The van der Waals surface area contributed by atoms with E-state index in [-0.39, 0.29) is 12.6 Å². The van der Waals surface area contributed by atoms with Gasteiger partial charge in [-0.1, -0.05) is 19.1 Å². The van der Waals surface area contributed by atoms with E-state index in [1.807, 2.05) is 43.3 Å². The van der Waals surface area contributed by atoms with E-state index in [4.69, 9.17) is 0 Å². The molecule has 112 valence electrons. The third-order valence-electron chi connectivity index (χ3n) is 2.91. The van der Waals surface area contributed by atoms with E-state index in [0.717, 1.165) is 12.1 Å². The van der Waals surface area contributed by atoms with Crippen molar-refractivity contribution in [1.82, 2.24) is 10.2 Å². The number of rotatable bonds is 6. The van der Waals surface area contributed by atoms with Gasteiger partial charge in [-0.2, -0.15) is 0 Å². The Morgan fingerprint density at radius 3 is 2.40 bits per heavy atom. The molecular weight excluding hydrogens is 254 g/mol. The van der Waals surface area contributed by atoms with Gasteiger partial charge >= 0.3 is 6.03 Å². The predicted molar refractivity (Wildman–Crippen MR) is 82.0 cm³/mol. The van der Waals surface area contributed by atoms with Crippen LogP contribution in [0.4, 0.5) is 10.5 Å². The Morgan fingerprint density at radius 2 is 1.90 bits per heavy atom. The molecule has 3 N–H and O–H groups in total. The molecule has 1 aromatic rings. The van der Waals surface area contributed by atoms with E-state index < -0.39 is 5.60 Å². The lowest BCUT2D eigenvalue weighted by Gasteiger charge is -2.27. The number of hydrogen-bond acceptors (Lipinski definition) is 3. The maximum absolute atomic E-state index is 11.8. The highest BCUT2D eigenvalue weighted by Crippen LogP contribution is 2.10. The average Bonchev–Trinajstić information content (AvgIpc) is 2.36. The molecule has 0 heterocycles. The largest absolute Gasteiger partial charge is 0.387 e. The molecule has 1 rings (SSSR count). The van der Waals surface area contributed by atoms with E-state index in [1.165, 1.54) is 5.56 Å². The number of nitrogens with one attached hydrogen (secondary N) is 2. The molecule has 0 aromatic heterocycles. The molecule has 1 unspecified atom stereocenters. The van der Waals surface area contributed by atoms with Crippen LogP contribution in [-0.4, -0.2) is 48.8 Å². The molecule has 2 amide bonds. The van der Waals surface area contributed by atoms with Gasteiger partial charge in [0.1, 0.15) is 0 Å².